The second-order valence-electron chi connectivity index (χ2n) is 3.55. The van der Waals surface area contributed by atoms with E-state index in [2.05, 4.69) is 10.3 Å². The Balaban J connectivity index is 2.27. The molecule has 1 fully saturated rings. The highest BCUT2D eigenvalue weighted by Crippen LogP contribution is 2.34. The van der Waals surface area contributed by atoms with Crippen molar-refractivity contribution < 1.29 is 5.11 Å². The van der Waals surface area contributed by atoms with Crippen LogP contribution >= 0.6 is 11.3 Å². The number of aliphatic hydroxyl groups is 1. The SMILES string of the molecule is Cc1ncsc1C1(O)CCNCC1. The average Bonchev–Trinajstić information content (AvgIpc) is 2.53. The lowest BCUT2D eigenvalue weighted by molar-refractivity contribution is 0.00871. The molecule has 3 nitrogen and oxygen atoms in total. The number of aromatic nitrogens is 1. The number of aryl methyl sites for hydroxylation is 1. The Morgan fingerprint density at radius 2 is 2.23 bits per heavy atom. The molecule has 13 heavy (non-hydrogen) atoms. The molecule has 0 radical (unpaired) electrons. The summed E-state index contributed by atoms with van der Waals surface area (Å²) in [6.45, 7) is 3.76. The predicted molar refractivity (Wildman–Crippen MR) is 52.9 cm³/mol. The van der Waals surface area contributed by atoms with Gasteiger partial charge in [-0.05, 0) is 32.9 Å². The van der Waals surface area contributed by atoms with Crippen LogP contribution in [0.3, 0.4) is 0 Å². The minimum atomic E-state index is -0.615. The van der Waals surface area contributed by atoms with Crippen molar-refractivity contribution in [3.8, 4) is 0 Å². The van der Waals surface area contributed by atoms with Crippen molar-refractivity contribution in [1.29, 1.82) is 0 Å². The van der Waals surface area contributed by atoms with Crippen LogP contribution in [0, 0.1) is 6.92 Å². The number of piperidine rings is 1. The summed E-state index contributed by atoms with van der Waals surface area (Å²) < 4.78 is 0. The zero-order valence-electron chi connectivity index (χ0n) is 7.71. The molecule has 2 heterocycles. The Labute approximate surface area is 81.8 Å². The van der Waals surface area contributed by atoms with Crippen LogP contribution in [0.1, 0.15) is 23.4 Å². The summed E-state index contributed by atoms with van der Waals surface area (Å²) in [6, 6.07) is 0. The molecular weight excluding hydrogens is 184 g/mol. The van der Waals surface area contributed by atoms with E-state index < -0.39 is 5.60 Å². The standard InChI is InChI=1S/C9H14N2OS/c1-7-8(13-6-11-7)9(12)2-4-10-5-3-9/h6,10,12H,2-5H2,1H3. The molecule has 0 saturated carbocycles. The lowest BCUT2D eigenvalue weighted by Gasteiger charge is -2.31. The lowest BCUT2D eigenvalue weighted by atomic mass is 9.90. The third kappa shape index (κ3) is 1.61. The van der Waals surface area contributed by atoms with E-state index in [-0.39, 0.29) is 0 Å². The molecule has 1 aliphatic rings. The highest BCUT2D eigenvalue weighted by atomic mass is 32.1. The molecule has 0 bridgehead atoms. The molecule has 72 valence electrons. The van der Waals surface area contributed by atoms with E-state index in [1.807, 2.05) is 12.4 Å². The molecule has 0 aliphatic carbocycles. The van der Waals surface area contributed by atoms with Crippen molar-refractivity contribution in [3.05, 3.63) is 16.1 Å². The zero-order chi connectivity index (χ0) is 9.31. The summed E-state index contributed by atoms with van der Waals surface area (Å²) in [4.78, 5) is 5.23. The van der Waals surface area contributed by atoms with Crippen LogP contribution in [0.2, 0.25) is 0 Å². The molecule has 0 spiro atoms. The molecule has 2 N–H and O–H groups in total. The zero-order valence-corrected chi connectivity index (χ0v) is 8.52. The highest BCUT2D eigenvalue weighted by Gasteiger charge is 2.33. The van der Waals surface area contributed by atoms with Crippen LogP contribution < -0.4 is 5.32 Å². The Hall–Kier alpha value is -0.450. The third-order valence-electron chi connectivity index (χ3n) is 2.60. The molecule has 0 aromatic carbocycles. The summed E-state index contributed by atoms with van der Waals surface area (Å²) in [5.74, 6) is 0. The number of hydrogen-bond acceptors (Lipinski definition) is 4. The van der Waals surface area contributed by atoms with Crippen LogP contribution in [-0.4, -0.2) is 23.2 Å². The van der Waals surface area contributed by atoms with Crippen LogP contribution in [0.5, 0.6) is 0 Å². The summed E-state index contributed by atoms with van der Waals surface area (Å²) in [7, 11) is 0. The Morgan fingerprint density at radius 3 is 2.77 bits per heavy atom. The van der Waals surface area contributed by atoms with Gasteiger partial charge in [-0.1, -0.05) is 0 Å². The summed E-state index contributed by atoms with van der Waals surface area (Å²) in [5, 5.41) is 13.6. The van der Waals surface area contributed by atoms with Crippen LogP contribution in [0.4, 0.5) is 0 Å². The predicted octanol–water partition coefficient (Wildman–Crippen LogP) is 1.02. The number of rotatable bonds is 1. The van der Waals surface area contributed by atoms with Crippen LogP contribution in [0.25, 0.3) is 0 Å². The Bertz CT molecular complexity index is 292. The number of hydrogen-bond donors (Lipinski definition) is 2. The van der Waals surface area contributed by atoms with Gasteiger partial charge in [0, 0.05) is 0 Å². The lowest BCUT2D eigenvalue weighted by Crippen LogP contribution is -2.39. The quantitative estimate of drug-likeness (QED) is 0.708. The molecule has 0 amide bonds. The molecule has 2 rings (SSSR count). The maximum atomic E-state index is 10.3. The summed E-state index contributed by atoms with van der Waals surface area (Å²) in [5.41, 5.74) is 2.18. The number of nitrogens with zero attached hydrogens (tertiary/aromatic N) is 1. The van der Waals surface area contributed by atoms with E-state index in [0.29, 0.717) is 0 Å². The van der Waals surface area contributed by atoms with E-state index >= 15 is 0 Å². The van der Waals surface area contributed by atoms with Gasteiger partial charge in [-0.2, -0.15) is 0 Å². The van der Waals surface area contributed by atoms with Gasteiger partial charge in [0.2, 0.25) is 0 Å². The molecule has 0 unspecified atom stereocenters. The maximum Gasteiger partial charge on any atom is 0.103 e. The van der Waals surface area contributed by atoms with Crippen LogP contribution in [0.15, 0.2) is 5.51 Å². The fraction of sp³-hybridized carbons (Fsp3) is 0.667. The maximum absolute atomic E-state index is 10.3. The number of nitrogens with one attached hydrogen (secondary N) is 1. The molecule has 1 saturated heterocycles. The number of thiazole rings is 1. The molecule has 1 aromatic rings. The van der Waals surface area contributed by atoms with Crippen molar-refractivity contribution in [2.45, 2.75) is 25.4 Å². The minimum absolute atomic E-state index is 0.615. The second-order valence-corrected chi connectivity index (χ2v) is 4.40. The largest absolute Gasteiger partial charge is 0.384 e. The van der Waals surface area contributed by atoms with Crippen molar-refractivity contribution >= 4 is 11.3 Å². The molecule has 1 aromatic heterocycles. The van der Waals surface area contributed by atoms with Crippen molar-refractivity contribution in [2.75, 3.05) is 13.1 Å². The highest BCUT2D eigenvalue weighted by molar-refractivity contribution is 7.09. The van der Waals surface area contributed by atoms with E-state index in [1.54, 1.807) is 11.3 Å². The Morgan fingerprint density at radius 1 is 1.54 bits per heavy atom. The third-order valence-corrected chi connectivity index (χ3v) is 3.72. The van der Waals surface area contributed by atoms with E-state index in [0.717, 1.165) is 36.5 Å². The topological polar surface area (TPSA) is 45.2 Å². The van der Waals surface area contributed by atoms with Crippen molar-refractivity contribution in [2.24, 2.45) is 0 Å². The van der Waals surface area contributed by atoms with Gasteiger partial charge < -0.3 is 10.4 Å². The van der Waals surface area contributed by atoms with Gasteiger partial charge in [-0.25, -0.2) is 4.98 Å². The first-order chi connectivity index (χ1) is 6.22. The van der Waals surface area contributed by atoms with E-state index in [1.165, 1.54) is 0 Å². The van der Waals surface area contributed by atoms with Gasteiger partial charge in [-0.3, -0.25) is 0 Å². The van der Waals surface area contributed by atoms with Gasteiger partial charge in [0.05, 0.1) is 16.1 Å². The van der Waals surface area contributed by atoms with Gasteiger partial charge in [0.25, 0.3) is 0 Å². The monoisotopic (exact) mass is 198 g/mol. The molecule has 1 aliphatic heterocycles. The van der Waals surface area contributed by atoms with Crippen molar-refractivity contribution in [1.82, 2.24) is 10.3 Å². The van der Waals surface area contributed by atoms with Crippen molar-refractivity contribution in [3.63, 3.8) is 0 Å². The summed E-state index contributed by atoms with van der Waals surface area (Å²) in [6.07, 6.45) is 1.60. The smallest absolute Gasteiger partial charge is 0.103 e. The van der Waals surface area contributed by atoms with Gasteiger partial charge >= 0.3 is 0 Å². The normalized spacial score (nSPS) is 21.7. The fourth-order valence-corrected chi connectivity index (χ4v) is 2.78. The minimum Gasteiger partial charge on any atom is -0.384 e. The first kappa shape index (κ1) is 9.12. The van der Waals surface area contributed by atoms with E-state index in [9.17, 15) is 5.11 Å². The average molecular weight is 198 g/mol. The first-order valence-electron chi connectivity index (χ1n) is 4.56. The first-order valence-corrected chi connectivity index (χ1v) is 5.44. The van der Waals surface area contributed by atoms with Gasteiger partial charge in [0.15, 0.2) is 0 Å². The molecule has 4 heteroatoms. The molecular formula is C9H14N2OS. The Kier molecular flexibility index (Phi) is 2.36. The summed E-state index contributed by atoms with van der Waals surface area (Å²) >= 11 is 1.57. The fourth-order valence-electron chi connectivity index (χ4n) is 1.82. The van der Waals surface area contributed by atoms with Crippen LogP contribution in [-0.2, 0) is 5.60 Å². The van der Waals surface area contributed by atoms with Gasteiger partial charge in [-0.15, -0.1) is 11.3 Å². The van der Waals surface area contributed by atoms with E-state index in [4.69, 9.17) is 0 Å². The second kappa shape index (κ2) is 3.36. The molecule has 0 atom stereocenters. The van der Waals surface area contributed by atoms with Gasteiger partial charge in [0.1, 0.15) is 5.60 Å².